The highest BCUT2D eigenvalue weighted by molar-refractivity contribution is 5.73. The van der Waals surface area contributed by atoms with Gasteiger partial charge in [0.05, 0.1) is 11.4 Å². The Morgan fingerprint density at radius 1 is 0.952 bits per heavy atom. The van der Waals surface area contributed by atoms with Crippen molar-refractivity contribution >= 4 is 22.7 Å². The molecule has 4 heteroatoms. The van der Waals surface area contributed by atoms with Crippen LogP contribution >= 0.6 is 0 Å². The Balaban J connectivity index is 1.73. The lowest BCUT2D eigenvalue weighted by Gasteiger charge is -2.28. The quantitative estimate of drug-likeness (QED) is 0.833. The van der Waals surface area contributed by atoms with Gasteiger partial charge in [0.15, 0.2) is 0 Å². The largest absolute Gasteiger partial charge is 0.397 e. The van der Waals surface area contributed by atoms with Crippen molar-refractivity contribution in [2.24, 2.45) is 0 Å². The van der Waals surface area contributed by atoms with Crippen molar-refractivity contribution in [3.8, 4) is 0 Å². The SMILES string of the molecule is Nc1ccc(F)cc1Nc1ccc(N2CCCCC2)cc1. The first-order valence-electron chi connectivity index (χ1n) is 7.39. The van der Waals surface area contributed by atoms with Crippen LogP contribution < -0.4 is 16.0 Å². The molecule has 0 bridgehead atoms. The Morgan fingerprint density at radius 2 is 1.67 bits per heavy atom. The highest BCUT2D eigenvalue weighted by Gasteiger charge is 2.10. The Morgan fingerprint density at radius 3 is 2.38 bits per heavy atom. The van der Waals surface area contributed by atoms with Gasteiger partial charge in [0.2, 0.25) is 0 Å². The number of benzene rings is 2. The molecule has 1 heterocycles. The maximum absolute atomic E-state index is 13.3. The molecule has 1 aliphatic heterocycles. The summed E-state index contributed by atoms with van der Waals surface area (Å²) in [6.45, 7) is 2.26. The van der Waals surface area contributed by atoms with Crippen LogP contribution in [0.25, 0.3) is 0 Å². The van der Waals surface area contributed by atoms with Crippen LogP contribution in [0.3, 0.4) is 0 Å². The molecule has 1 fully saturated rings. The second kappa shape index (κ2) is 6.04. The van der Waals surface area contributed by atoms with Crippen LogP contribution in [0.1, 0.15) is 19.3 Å². The maximum Gasteiger partial charge on any atom is 0.125 e. The lowest BCUT2D eigenvalue weighted by molar-refractivity contribution is 0.578. The molecule has 0 saturated carbocycles. The predicted molar refractivity (Wildman–Crippen MR) is 86.6 cm³/mol. The van der Waals surface area contributed by atoms with Gasteiger partial charge in [-0.2, -0.15) is 0 Å². The summed E-state index contributed by atoms with van der Waals surface area (Å²) in [5.41, 5.74) is 9.14. The average Bonchev–Trinajstić information content (AvgIpc) is 2.53. The molecule has 21 heavy (non-hydrogen) atoms. The van der Waals surface area contributed by atoms with Gasteiger partial charge < -0.3 is 16.0 Å². The van der Waals surface area contributed by atoms with E-state index in [1.165, 1.54) is 37.1 Å². The lowest BCUT2D eigenvalue weighted by Crippen LogP contribution is -2.29. The third-order valence-corrected chi connectivity index (χ3v) is 3.88. The molecule has 2 aromatic rings. The van der Waals surface area contributed by atoms with E-state index >= 15 is 0 Å². The van der Waals surface area contributed by atoms with Gasteiger partial charge in [-0.05, 0) is 61.7 Å². The molecular weight excluding hydrogens is 265 g/mol. The number of anilines is 4. The standard InChI is InChI=1S/C17H20FN3/c18-13-4-9-16(19)17(12-13)20-14-5-7-15(8-6-14)21-10-2-1-3-11-21/h4-9,12,20H,1-3,10-11,19H2. The van der Waals surface area contributed by atoms with Gasteiger partial charge in [-0.3, -0.25) is 0 Å². The third-order valence-electron chi connectivity index (χ3n) is 3.88. The fourth-order valence-electron chi connectivity index (χ4n) is 2.70. The Labute approximate surface area is 124 Å². The van der Waals surface area contributed by atoms with Crippen molar-refractivity contribution in [1.82, 2.24) is 0 Å². The van der Waals surface area contributed by atoms with Crippen molar-refractivity contribution in [2.75, 3.05) is 29.0 Å². The molecule has 0 amide bonds. The molecule has 0 aliphatic carbocycles. The zero-order chi connectivity index (χ0) is 14.7. The second-order valence-electron chi connectivity index (χ2n) is 5.45. The highest BCUT2D eigenvalue weighted by atomic mass is 19.1. The van der Waals surface area contributed by atoms with E-state index in [0.29, 0.717) is 11.4 Å². The lowest BCUT2D eigenvalue weighted by atomic mass is 10.1. The zero-order valence-electron chi connectivity index (χ0n) is 12.0. The van der Waals surface area contributed by atoms with E-state index in [0.717, 1.165) is 18.8 Å². The monoisotopic (exact) mass is 285 g/mol. The van der Waals surface area contributed by atoms with Gasteiger partial charge in [-0.15, -0.1) is 0 Å². The number of hydrogen-bond donors (Lipinski definition) is 2. The summed E-state index contributed by atoms with van der Waals surface area (Å²) in [7, 11) is 0. The van der Waals surface area contributed by atoms with Crippen molar-refractivity contribution in [2.45, 2.75) is 19.3 Å². The van der Waals surface area contributed by atoms with Crippen LogP contribution in [-0.2, 0) is 0 Å². The normalized spacial score (nSPS) is 15.0. The number of nitrogens with one attached hydrogen (secondary N) is 1. The molecule has 0 aromatic heterocycles. The summed E-state index contributed by atoms with van der Waals surface area (Å²) in [5.74, 6) is -0.295. The van der Waals surface area contributed by atoms with E-state index in [1.54, 1.807) is 6.07 Å². The molecule has 2 aromatic carbocycles. The van der Waals surface area contributed by atoms with Gasteiger partial charge in [0, 0.05) is 24.5 Å². The molecule has 3 rings (SSSR count). The first-order chi connectivity index (χ1) is 10.2. The van der Waals surface area contributed by atoms with Crippen molar-refractivity contribution in [3.05, 3.63) is 48.3 Å². The van der Waals surface area contributed by atoms with Crippen LogP contribution in [0.2, 0.25) is 0 Å². The van der Waals surface area contributed by atoms with E-state index in [9.17, 15) is 4.39 Å². The van der Waals surface area contributed by atoms with E-state index < -0.39 is 0 Å². The van der Waals surface area contributed by atoms with E-state index in [4.69, 9.17) is 5.73 Å². The van der Waals surface area contributed by atoms with Gasteiger partial charge in [0.1, 0.15) is 5.82 Å². The first-order valence-corrected chi connectivity index (χ1v) is 7.39. The van der Waals surface area contributed by atoms with Gasteiger partial charge in [-0.25, -0.2) is 4.39 Å². The Hall–Kier alpha value is -2.23. The van der Waals surface area contributed by atoms with Gasteiger partial charge in [0.25, 0.3) is 0 Å². The number of rotatable bonds is 3. The fraction of sp³-hybridized carbons (Fsp3) is 0.294. The smallest absolute Gasteiger partial charge is 0.125 e. The Bertz CT molecular complexity index is 604. The van der Waals surface area contributed by atoms with Crippen molar-refractivity contribution in [1.29, 1.82) is 0 Å². The first kappa shape index (κ1) is 13.7. The van der Waals surface area contributed by atoms with Crippen molar-refractivity contribution in [3.63, 3.8) is 0 Å². The van der Waals surface area contributed by atoms with E-state index in [1.807, 2.05) is 12.1 Å². The molecule has 3 nitrogen and oxygen atoms in total. The molecule has 110 valence electrons. The van der Waals surface area contributed by atoms with E-state index in [2.05, 4.69) is 22.3 Å². The second-order valence-corrected chi connectivity index (χ2v) is 5.45. The van der Waals surface area contributed by atoms with Crippen LogP contribution in [0, 0.1) is 5.82 Å². The van der Waals surface area contributed by atoms with Crippen LogP contribution in [-0.4, -0.2) is 13.1 Å². The summed E-state index contributed by atoms with van der Waals surface area (Å²) in [6.07, 6.45) is 3.86. The summed E-state index contributed by atoms with van der Waals surface area (Å²) in [6, 6.07) is 12.6. The number of halogens is 1. The molecule has 0 spiro atoms. The maximum atomic E-state index is 13.3. The Kier molecular flexibility index (Phi) is 3.95. The molecule has 1 aliphatic rings. The summed E-state index contributed by atoms with van der Waals surface area (Å²) >= 11 is 0. The number of nitrogens with two attached hydrogens (primary N) is 1. The average molecular weight is 285 g/mol. The molecular formula is C17H20FN3. The van der Waals surface area contributed by atoms with Crippen LogP contribution in [0.4, 0.5) is 27.1 Å². The van der Waals surface area contributed by atoms with Crippen molar-refractivity contribution < 1.29 is 4.39 Å². The summed E-state index contributed by atoms with van der Waals surface area (Å²) < 4.78 is 13.3. The molecule has 0 radical (unpaired) electrons. The third kappa shape index (κ3) is 3.27. The van der Waals surface area contributed by atoms with Crippen LogP contribution in [0.5, 0.6) is 0 Å². The minimum absolute atomic E-state index is 0.295. The van der Waals surface area contributed by atoms with Gasteiger partial charge >= 0.3 is 0 Å². The minimum atomic E-state index is -0.295. The molecule has 0 atom stereocenters. The fourth-order valence-corrected chi connectivity index (χ4v) is 2.70. The highest BCUT2D eigenvalue weighted by Crippen LogP contribution is 2.26. The topological polar surface area (TPSA) is 41.3 Å². The zero-order valence-corrected chi connectivity index (χ0v) is 12.0. The number of piperidine rings is 1. The van der Waals surface area contributed by atoms with E-state index in [-0.39, 0.29) is 5.82 Å². The number of nitrogen functional groups attached to an aromatic ring is 1. The molecule has 3 N–H and O–H groups in total. The summed E-state index contributed by atoms with van der Waals surface area (Å²) in [4.78, 5) is 2.41. The number of nitrogens with zero attached hydrogens (tertiary/aromatic N) is 1. The van der Waals surface area contributed by atoms with Gasteiger partial charge in [-0.1, -0.05) is 0 Å². The number of hydrogen-bond acceptors (Lipinski definition) is 3. The molecule has 0 unspecified atom stereocenters. The molecule has 1 saturated heterocycles. The van der Waals surface area contributed by atoms with Crippen LogP contribution in [0.15, 0.2) is 42.5 Å². The summed E-state index contributed by atoms with van der Waals surface area (Å²) in [5, 5.41) is 3.16. The minimum Gasteiger partial charge on any atom is -0.397 e. The predicted octanol–water partition coefficient (Wildman–Crippen LogP) is 4.14.